The maximum Gasteiger partial charge on any atom is 0.266 e. The topological polar surface area (TPSA) is 63.7 Å². The van der Waals surface area contributed by atoms with Gasteiger partial charge < -0.3 is 14.8 Å². The second-order valence-corrected chi connectivity index (χ2v) is 9.11. The number of nitrogens with zero attached hydrogens (tertiary/aromatic N) is 2. The van der Waals surface area contributed by atoms with Crippen LogP contribution in [0, 0.1) is 0 Å². The van der Waals surface area contributed by atoms with Gasteiger partial charge in [0.1, 0.15) is 4.32 Å². The summed E-state index contributed by atoms with van der Waals surface area (Å²) in [5.74, 6) is -1.18. The van der Waals surface area contributed by atoms with Crippen molar-refractivity contribution in [2.75, 3.05) is 18.5 Å². The van der Waals surface area contributed by atoms with Gasteiger partial charge >= 0.3 is 0 Å². The van der Waals surface area contributed by atoms with Crippen LogP contribution in [-0.2, 0) is 15.0 Å². The fourth-order valence-corrected chi connectivity index (χ4v) is 4.95. The van der Waals surface area contributed by atoms with Crippen molar-refractivity contribution in [2.24, 2.45) is 0 Å². The first-order chi connectivity index (χ1) is 13.2. The van der Waals surface area contributed by atoms with Crippen LogP contribution in [-0.4, -0.2) is 34.7 Å². The van der Waals surface area contributed by atoms with Crippen molar-refractivity contribution < 1.29 is 14.7 Å². The molecule has 0 bridgehead atoms. The lowest BCUT2D eigenvalue weighted by Crippen LogP contribution is -2.29. The Morgan fingerprint density at radius 2 is 1.96 bits per heavy atom. The van der Waals surface area contributed by atoms with Crippen LogP contribution < -0.4 is 10.0 Å². The van der Waals surface area contributed by atoms with Crippen molar-refractivity contribution in [1.29, 1.82) is 0 Å². The molecule has 0 atom stereocenters. The van der Waals surface area contributed by atoms with E-state index in [1.165, 1.54) is 23.0 Å². The van der Waals surface area contributed by atoms with E-state index in [2.05, 4.69) is 30.9 Å². The molecule has 1 aromatic rings. The number of fused-ring (bicyclic) bond motifs is 1. The Balaban J connectivity index is 1.75. The molecule has 1 aromatic carbocycles. The van der Waals surface area contributed by atoms with Gasteiger partial charge in [-0.3, -0.25) is 9.69 Å². The Kier molecular flexibility index (Phi) is 5.95. The van der Waals surface area contributed by atoms with Gasteiger partial charge in [0.15, 0.2) is 0 Å². The number of unbranched alkanes of at least 4 members (excludes halogenated alkanes) is 1. The van der Waals surface area contributed by atoms with Gasteiger partial charge in [-0.25, -0.2) is 0 Å². The van der Waals surface area contributed by atoms with Crippen LogP contribution in [0.25, 0.3) is 0 Å². The van der Waals surface area contributed by atoms with E-state index < -0.39 is 5.97 Å². The molecule has 0 radical (unpaired) electrons. The molecule has 3 rings (SSSR count). The zero-order valence-electron chi connectivity index (χ0n) is 16.2. The predicted octanol–water partition coefficient (Wildman–Crippen LogP) is 2.96. The maximum atomic E-state index is 12.7. The fourth-order valence-electron chi connectivity index (χ4n) is 3.70. The van der Waals surface area contributed by atoms with E-state index >= 15 is 0 Å². The summed E-state index contributed by atoms with van der Waals surface area (Å²) in [5, 5.41) is 10.5. The van der Waals surface area contributed by atoms with Gasteiger partial charge in [-0.15, -0.1) is 0 Å². The molecular weight excluding hydrogens is 392 g/mol. The van der Waals surface area contributed by atoms with Crippen LogP contribution >= 0.6 is 24.0 Å². The minimum atomic E-state index is -1.07. The molecule has 5 nitrogen and oxygen atoms in total. The summed E-state index contributed by atoms with van der Waals surface area (Å²) in [5.41, 5.74) is 3.40. The Hall–Kier alpha value is -2.12. The summed E-state index contributed by atoms with van der Waals surface area (Å²) in [7, 11) is 2.04. The van der Waals surface area contributed by atoms with Crippen molar-refractivity contribution in [3.63, 3.8) is 0 Å². The van der Waals surface area contributed by atoms with Crippen molar-refractivity contribution in [2.45, 2.75) is 38.5 Å². The number of thiocarbonyl (C=S) groups is 1. The molecule has 0 unspecified atom stereocenters. The van der Waals surface area contributed by atoms with E-state index in [-0.39, 0.29) is 17.7 Å². The summed E-state index contributed by atoms with van der Waals surface area (Å²) >= 11 is 6.63. The molecule has 7 heteroatoms. The molecule has 0 N–H and O–H groups in total. The number of carboxylic acid groups (broad SMARTS) is 1. The number of carboxylic acids is 1. The number of para-hydroxylation sites is 1. The molecule has 1 fully saturated rings. The second-order valence-electron chi connectivity index (χ2n) is 7.44. The molecular formula is C21H23N2O3S2-. The first kappa shape index (κ1) is 20.6. The minimum absolute atomic E-state index is 0.00128. The highest BCUT2D eigenvalue weighted by molar-refractivity contribution is 8.26. The molecule has 28 heavy (non-hydrogen) atoms. The molecule has 0 aromatic heterocycles. The number of allylic oxidation sites excluding steroid dienone is 3. The number of aliphatic carboxylic acids is 1. The lowest BCUT2D eigenvalue weighted by atomic mass is 9.84. The summed E-state index contributed by atoms with van der Waals surface area (Å²) in [4.78, 5) is 27.5. The third kappa shape index (κ3) is 3.86. The Labute approximate surface area is 175 Å². The number of hydrogen-bond acceptors (Lipinski definition) is 6. The third-order valence-corrected chi connectivity index (χ3v) is 6.62. The normalized spacial score (nSPS) is 21.1. The van der Waals surface area contributed by atoms with Crippen LogP contribution in [0.4, 0.5) is 5.69 Å². The van der Waals surface area contributed by atoms with Crippen molar-refractivity contribution >= 4 is 45.9 Å². The number of rotatable bonds is 6. The molecule has 1 saturated heterocycles. The van der Waals surface area contributed by atoms with Gasteiger partial charge in [0.2, 0.25) is 0 Å². The number of amides is 1. The van der Waals surface area contributed by atoms with Crippen LogP contribution in [0.2, 0.25) is 0 Å². The molecule has 2 aliphatic heterocycles. The zero-order chi connectivity index (χ0) is 20.5. The number of thioether (sulfide) groups is 1. The van der Waals surface area contributed by atoms with E-state index in [1.54, 1.807) is 4.90 Å². The quantitative estimate of drug-likeness (QED) is 0.404. The fraction of sp³-hybridized carbons (Fsp3) is 0.381. The van der Waals surface area contributed by atoms with E-state index in [1.807, 2.05) is 31.3 Å². The largest absolute Gasteiger partial charge is 0.550 e. The standard InChI is InChI=1S/C21H24N2O3S2/c1-21(2)14-8-4-5-9-15(14)22(3)17(21)12-11-16-19(26)23(20(27)28-16)13-7-6-10-18(24)25/h4-5,8-9,11-12H,6-7,10,13H2,1-3H3,(H,24,25)/p-1/b16-11+,17-12-. The summed E-state index contributed by atoms with van der Waals surface area (Å²) in [6, 6.07) is 8.31. The zero-order valence-corrected chi connectivity index (χ0v) is 17.9. The molecule has 1 amide bonds. The van der Waals surface area contributed by atoms with Gasteiger partial charge in [-0.1, -0.05) is 56.0 Å². The van der Waals surface area contributed by atoms with E-state index in [0.717, 1.165) is 5.70 Å². The molecule has 148 valence electrons. The predicted molar refractivity (Wildman–Crippen MR) is 115 cm³/mol. The smallest absolute Gasteiger partial charge is 0.266 e. The van der Waals surface area contributed by atoms with Crippen LogP contribution in [0.5, 0.6) is 0 Å². The summed E-state index contributed by atoms with van der Waals surface area (Å²) in [6.45, 7) is 4.79. The Morgan fingerprint density at radius 1 is 1.25 bits per heavy atom. The maximum absolute atomic E-state index is 12.7. The van der Waals surface area contributed by atoms with Crippen LogP contribution in [0.15, 0.2) is 47.0 Å². The first-order valence-electron chi connectivity index (χ1n) is 9.22. The molecule has 2 aliphatic rings. The Morgan fingerprint density at radius 3 is 2.64 bits per heavy atom. The lowest BCUT2D eigenvalue weighted by Gasteiger charge is -2.23. The average molecular weight is 416 g/mol. The van der Waals surface area contributed by atoms with E-state index in [4.69, 9.17) is 12.2 Å². The van der Waals surface area contributed by atoms with E-state index in [9.17, 15) is 14.7 Å². The highest BCUT2D eigenvalue weighted by Crippen LogP contribution is 2.46. The highest BCUT2D eigenvalue weighted by atomic mass is 32.2. The molecule has 2 heterocycles. The molecule has 0 saturated carbocycles. The van der Waals surface area contributed by atoms with Gasteiger partial charge in [0.25, 0.3) is 5.91 Å². The number of benzene rings is 1. The molecule has 0 spiro atoms. The lowest BCUT2D eigenvalue weighted by molar-refractivity contribution is -0.305. The van der Waals surface area contributed by atoms with Crippen molar-refractivity contribution in [1.82, 2.24) is 4.90 Å². The average Bonchev–Trinajstić information content (AvgIpc) is 3.02. The first-order valence-corrected chi connectivity index (χ1v) is 10.4. The summed E-state index contributed by atoms with van der Waals surface area (Å²) < 4.78 is 0.519. The van der Waals surface area contributed by atoms with E-state index in [0.29, 0.717) is 28.6 Å². The van der Waals surface area contributed by atoms with Gasteiger partial charge in [0.05, 0.1) is 4.91 Å². The number of likely N-dealkylation sites (N-methyl/N-ethyl adjacent to an activating group) is 1. The van der Waals surface area contributed by atoms with Gasteiger partial charge in [0, 0.05) is 36.4 Å². The molecule has 0 aliphatic carbocycles. The summed E-state index contributed by atoms with van der Waals surface area (Å²) in [6.07, 6.45) is 4.90. The number of carbonyl (C=O) groups is 2. The Bertz CT molecular complexity index is 889. The van der Waals surface area contributed by atoms with Crippen molar-refractivity contribution in [3.8, 4) is 0 Å². The number of hydrogen-bond donors (Lipinski definition) is 0. The monoisotopic (exact) mass is 415 g/mol. The van der Waals surface area contributed by atoms with Gasteiger partial charge in [-0.05, 0) is 43.0 Å². The highest BCUT2D eigenvalue weighted by Gasteiger charge is 2.38. The van der Waals surface area contributed by atoms with Crippen LogP contribution in [0.3, 0.4) is 0 Å². The minimum Gasteiger partial charge on any atom is -0.550 e. The third-order valence-electron chi connectivity index (χ3n) is 5.22. The second kappa shape index (κ2) is 8.09. The van der Waals surface area contributed by atoms with Gasteiger partial charge in [-0.2, -0.15) is 0 Å². The number of anilines is 1. The van der Waals surface area contributed by atoms with Crippen LogP contribution in [0.1, 0.15) is 38.7 Å². The number of carbonyl (C=O) groups excluding carboxylic acids is 2. The SMILES string of the molecule is CN1/C(=C\C=C2\SC(=S)N(CCCCC(=O)[O-])C2=O)C(C)(C)c2ccccc21. The van der Waals surface area contributed by atoms with Crippen molar-refractivity contribution in [3.05, 3.63) is 52.6 Å².